The number of methoxy groups -OCH3 is 1. The fraction of sp³-hybridized carbons (Fsp3) is 0.375. The molecule has 1 amide bonds. The van der Waals surface area contributed by atoms with Gasteiger partial charge in [-0.05, 0) is 61.4 Å². The molecule has 0 spiro atoms. The molecule has 164 valence electrons. The van der Waals surface area contributed by atoms with Gasteiger partial charge in [-0.25, -0.2) is 0 Å². The number of anilines is 3. The van der Waals surface area contributed by atoms with Crippen LogP contribution in [0.1, 0.15) is 39.5 Å². The molecule has 3 aromatic rings. The summed E-state index contributed by atoms with van der Waals surface area (Å²) < 4.78 is 5.22. The van der Waals surface area contributed by atoms with Gasteiger partial charge in [0.2, 0.25) is 11.0 Å². The fourth-order valence-electron chi connectivity index (χ4n) is 3.43. The average molecular weight is 439 g/mol. The molecule has 31 heavy (non-hydrogen) atoms. The maximum Gasteiger partial charge on any atom is 0.227 e. The van der Waals surface area contributed by atoms with Crippen LogP contribution >= 0.6 is 11.3 Å². The van der Waals surface area contributed by atoms with Crippen LogP contribution in [-0.2, 0) is 4.79 Å². The van der Waals surface area contributed by atoms with Gasteiger partial charge in [0, 0.05) is 29.9 Å². The van der Waals surface area contributed by atoms with Crippen LogP contribution in [0, 0.1) is 5.92 Å². The lowest BCUT2D eigenvalue weighted by Gasteiger charge is -2.15. The van der Waals surface area contributed by atoms with E-state index in [-0.39, 0.29) is 11.8 Å². The largest absolute Gasteiger partial charge is 0.497 e. The predicted octanol–water partition coefficient (Wildman–Crippen LogP) is 6.14. The van der Waals surface area contributed by atoms with E-state index in [0.717, 1.165) is 58.5 Å². The quantitative estimate of drug-likeness (QED) is 0.412. The van der Waals surface area contributed by atoms with Gasteiger partial charge in [0.15, 0.2) is 0 Å². The summed E-state index contributed by atoms with van der Waals surface area (Å²) in [7, 11) is 3.62. The number of benzene rings is 2. The fourth-order valence-corrected chi connectivity index (χ4v) is 4.26. The minimum atomic E-state index is 0.0777. The third-order valence-corrected chi connectivity index (χ3v) is 6.25. The zero-order valence-electron chi connectivity index (χ0n) is 18.6. The summed E-state index contributed by atoms with van der Waals surface area (Å²) in [5.41, 5.74) is 2.80. The highest BCUT2D eigenvalue weighted by molar-refractivity contribution is 7.18. The second kappa shape index (κ2) is 10.9. The summed E-state index contributed by atoms with van der Waals surface area (Å²) >= 11 is 1.52. The lowest BCUT2D eigenvalue weighted by molar-refractivity contribution is -0.120. The first-order valence-electron chi connectivity index (χ1n) is 10.7. The molecule has 0 radical (unpaired) electrons. The van der Waals surface area contributed by atoms with Gasteiger partial charge in [0.25, 0.3) is 0 Å². The van der Waals surface area contributed by atoms with Crippen LogP contribution in [0.2, 0.25) is 0 Å². The molecule has 0 aliphatic rings. The van der Waals surface area contributed by atoms with Crippen LogP contribution in [0.3, 0.4) is 0 Å². The SMILES string of the molecule is CCCC(CCC)C(=O)Nc1ccc(-c2nnc(N(C)c3ccc(OC)cc3)s2)cc1. The Morgan fingerprint density at radius 1 is 1.03 bits per heavy atom. The zero-order chi connectivity index (χ0) is 22.2. The average Bonchev–Trinajstić information content (AvgIpc) is 3.29. The number of amides is 1. The molecule has 0 bridgehead atoms. The van der Waals surface area contributed by atoms with Crippen molar-refractivity contribution < 1.29 is 9.53 Å². The molecule has 3 rings (SSSR count). The first-order valence-corrected chi connectivity index (χ1v) is 11.5. The van der Waals surface area contributed by atoms with E-state index in [4.69, 9.17) is 4.74 Å². The van der Waals surface area contributed by atoms with E-state index >= 15 is 0 Å². The first kappa shape index (κ1) is 22.7. The molecule has 0 saturated heterocycles. The molecule has 1 aromatic heterocycles. The van der Waals surface area contributed by atoms with Crippen LogP contribution in [0.5, 0.6) is 5.75 Å². The molecule has 0 saturated carbocycles. The monoisotopic (exact) mass is 438 g/mol. The highest BCUT2D eigenvalue weighted by atomic mass is 32.1. The van der Waals surface area contributed by atoms with Crippen LogP contribution in [0.25, 0.3) is 10.6 Å². The van der Waals surface area contributed by atoms with E-state index in [9.17, 15) is 4.79 Å². The predicted molar refractivity (Wildman–Crippen MR) is 128 cm³/mol. The number of hydrogen-bond donors (Lipinski definition) is 1. The molecule has 1 heterocycles. The number of rotatable bonds is 10. The van der Waals surface area contributed by atoms with E-state index in [2.05, 4.69) is 29.4 Å². The van der Waals surface area contributed by atoms with Crippen LogP contribution in [0.4, 0.5) is 16.5 Å². The Labute approximate surface area is 188 Å². The first-order chi connectivity index (χ1) is 15.0. The lowest BCUT2D eigenvalue weighted by Crippen LogP contribution is -2.22. The van der Waals surface area contributed by atoms with Crippen molar-refractivity contribution in [1.29, 1.82) is 0 Å². The molecule has 0 aliphatic carbocycles. The molecular formula is C24H30N4O2S. The molecular weight excluding hydrogens is 408 g/mol. The van der Waals surface area contributed by atoms with Crippen molar-refractivity contribution in [1.82, 2.24) is 10.2 Å². The molecule has 0 fully saturated rings. The summed E-state index contributed by atoms with van der Waals surface area (Å²) in [6.07, 6.45) is 3.88. The van der Waals surface area contributed by atoms with Gasteiger partial charge in [0.05, 0.1) is 7.11 Å². The maximum atomic E-state index is 12.6. The van der Waals surface area contributed by atoms with Crippen molar-refractivity contribution in [2.24, 2.45) is 5.92 Å². The van der Waals surface area contributed by atoms with E-state index in [1.807, 2.05) is 60.5 Å². The van der Waals surface area contributed by atoms with Gasteiger partial charge >= 0.3 is 0 Å². The molecule has 1 N–H and O–H groups in total. The molecule has 2 aromatic carbocycles. The van der Waals surface area contributed by atoms with Crippen LogP contribution in [0.15, 0.2) is 48.5 Å². The summed E-state index contributed by atoms with van der Waals surface area (Å²) in [5.74, 6) is 1.00. The number of aromatic nitrogens is 2. The van der Waals surface area contributed by atoms with Crippen molar-refractivity contribution in [2.75, 3.05) is 24.4 Å². The van der Waals surface area contributed by atoms with E-state index in [0.29, 0.717) is 0 Å². The number of ether oxygens (including phenoxy) is 1. The normalized spacial score (nSPS) is 10.9. The van der Waals surface area contributed by atoms with Gasteiger partial charge in [0.1, 0.15) is 10.8 Å². The third kappa shape index (κ3) is 5.82. The smallest absolute Gasteiger partial charge is 0.227 e. The lowest BCUT2D eigenvalue weighted by atomic mass is 9.97. The van der Waals surface area contributed by atoms with Crippen molar-refractivity contribution in [3.8, 4) is 16.3 Å². The highest BCUT2D eigenvalue weighted by Crippen LogP contribution is 2.33. The standard InChI is InChI=1S/C24H30N4O2S/c1-5-7-17(8-6-2)22(29)25-19-11-9-18(10-12-19)23-26-27-24(31-23)28(3)20-13-15-21(30-4)16-14-20/h9-17H,5-8H2,1-4H3,(H,25,29). The molecule has 7 heteroatoms. The summed E-state index contributed by atoms with van der Waals surface area (Å²) in [5, 5.41) is 13.4. The third-order valence-electron chi connectivity index (χ3n) is 5.21. The van der Waals surface area contributed by atoms with Gasteiger partial charge in [-0.1, -0.05) is 38.0 Å². The van der Waals surface area contributed by atoms with Crippen molar-refractivity contribution >= 4 is 33.8 Å². The van der Waals surface area contributed by atoms with Gasteiger partial charge < -0.3 is 15.0 Å². The number of nitrogens with one attached hydrogen (secondary N) is 1. The summed E-state index contributed by atoms with van der Waals surface area (Å²) in [6, 6.07) is 15.6. The zero-order valence-corrected chi connectivity index (χ0v) is 19.4. The van der Waals surface area contributed by atoms with Crippen LogP contribution < -0.4 is 15.0 Å². The van der Waals surface area contributed by atoms with Gasteiger partial charge in [-0.2, -0.15) is 0 Å². The Morgan fingerprint density at radius 2 is 1.68 bits per heavy atom. The van der Waals surface area contributed by atoms with Gasteiger partial charge in [-0.15, -0.1) is 10.2 Å². The number of hydrogen-bond acceptors (Lipinski definition) is 6. The number of carbonyl (C=O) groups excluding carboxylic acids is 1. The van der Waals surface area contributed by atoms with Crippen LogP contribution in [-0.4, -0.2) is 30.3 Å². The van der Waals surface area contributed by atoms with E-state index in [1.165, 1.54) is 11.3 Å². The minimum absolute atomic E-state index is 0.0777. The van der Waals surface area contributed by atoms with Crippen molar-refractivity contribution in [3.05, 3.63) is 48.5 Å². The Kier molecular flexibility index (Phi) is 8.00. The molecule has 0 aliphatic heterocycles. The minimum Gasteiger partial charge on any atom is -0.497 e. The molecule has 6 nitrogen and oxygen atoms in total. The van der Waals surface area contributed by atoms with Crippen molar-refractivity contribution in [3.63, 3.8) is 0 Å². The molecule has 0 unspecified atom stereocenters. The highest BCUT2D eigenvalue weighted by Gasteiger charge is 2.17. The second-order valence-electron chi connectivity index (χ2n) is 7.49. The maximum absolute atomic E-state index is 12.6. The van der Waals surface area contributed by atoms with E-state index in [1.54, 1.807) is 7.11 Å². The number of carbonyl (C=O) groups is 1. The van der Waals surface area contributed by atoms with E-state index < -0.39 is 0 Å². The summed E-state index contributed by atoms with van der Waals surface area (Å²) in [6.45, 7) is 4.24. The Bertz CT molecular complexity index is 964. The summed E-state index contributed by atoms with van der Waals surface area (Å²) in [4.78, 5) is 14.6. The molecule has 0 atom stereocenters. The topological polar surface area (TPSA) is 67.4 Å². The Balaban J connectivity index is 1.67. The Morgan fingerprint density at radius 3 is 2.26 bits per heavy atom. The Hall–Kier alpha value is -2.93. The van der Waals surface area contributed by atoms with Crippen molar-refractivity contribution in [2.45, 2.75) is 39.5 Å². The van der Waals surface area contributed by atoms with Gasteiger partial charge in [-0.3, -0.25) is 4.79 Å². The second-order valence-corrected chi connectivity index (χ2v) is 8.44. The number of nitrogens with zero attached hydrogens (tertiary/aromatic N) is 3.